The van der Waals surface area contributed by atoms with Gasteiger partial charge in [-0.2, -0.15) is 0 Å². The van der Waals surface area contributed by atoms with Gasteiger partial charge in [0.15, 0.2) is 0 Å². The topological polar surface area (TPSA) is 72.2 Å². The average molecular weight is 323 g/mol. The normalized spacial score (nSPS) is 17.1. The molecule has 1 unspecified atom stereocenters. The van der Waals surface area contributed by atoms with Crippen molar-refractivity contribution in [2.75, 3.05) is 12.3 Å². The van der Waals surface area contributed by atoms with Crippen LogP contribution in [0.15, 0.2) is 47.4 Å². The van der Waals surface area contributed by atoms with Gasteiger partial charge in [-0.3, -0.25) is 0 Å². The van der Waals surface area contributed by atoms with Crippen LogP contribution in [-0.2, 0) is 16.4 Å². The van der Waals surface area contributed by atoms with Crippen LogP contribution >= 0.6 is 11.6 Å². The van der Waals surface area contributed by atoms with Crippen molar-refractivity contribution in [2.45, 2.75) is 17.2 Å². The first-order valence-electron chi connectivity index (χ1n) is 6.60. The Morgan fingerprint density at radius 3 is 2.71 bits per heavy atom. The maximum Gasteiger partial charge on any atom is 0.240 e. The van der Waals surface area contributed by atoms with Gasteiger partial charge in [-0.05, 0) is 35.7 Å². The summed E-state index contributed by atoms with van der Waals surface area (Å²) in [6, 6.07) is 12.4. The minimum absolute atomic E-state index is 0.136. The number of nitrogens with two attached hydrogens (primary N) is 1. The van der Waals surface area contributed by atoms with Crippen LogP contribution in [0.2, 0.25) is 5.02 Å². The molecule has 21 heavy (non-hydrogen) atoms. The number of nitrogen functional groups attached to an aromatic ring is 1. The second kappa shape index (κ2) is 5.33. The zero-order chi connectivity index (χ0) is 15.0. The van der Waals surface area contributed by atoms with Gasteiger partial charge in [0.25, 0.3) is 0 Å². The molecule has 0 amide bonds. The number of rotatable bonds is 4. The van der Waals surface area contributed by atoms with E-state index < -0.39 is 10.0 Å². The quantitative estimate of drug-likeness (QED) is 0.850. The predicted molar refractivity (Wildman–Crippen MR) is 83.9 cm³/mol. The van der Waals surface area contributed by atoms with Crippen molar-refractivity contribution >= 4 is 27.3 Å². The van der Waals surface area contributed by atoms with E-state index in [2.05, 4.69) is 10.8 Å². The molecule has 3 rings (SSSR count). The fourth-order valence-corrected chi connectivity index (χ4v) is 3.76. The average Bonchev–Trinajstić information content (AvgIpc) is 2.42. The molecule has 0 radical (unpaired) electrons. The Kier molecular flexibility index (Phi) is 3.65. The lowest BCUT2D eigenvalue weighted by Crippen LogP contribution is -2.33. The predicted octanol–water partition coefficient (Wildman–Crippen LogP) is 2.54. The molecule has 0 heterocycles. The van der Waals surface area contributed by atoms with E-state index in [0.29, 0.717) is 11.6 Å². The second-order valence-electron chi connectivity index (χ2n) is 5.14. The minimum Gasteiger partial charge on any atom is -0.397 e. The first-order valence-corrected chi connectivity index (χ1v) is 8.46. The largest absolute Gasteiger partial charge is 0.397 e. The Labute approximate surface area is 129 Å². The summed E-state index contributed by atoms with van der Waals surface area (Å²) >= 11 is 5.81. The Hall–Kier alpha value is -1.56. The van der Waals surface area contributed by atoms with Crippen LogP contribution in [0.4, 0.5) is 5.69 Å². The summed E-state index contributed by atoms with van der Waals surface area (Å²) in [4.78, 5) is 0.136. The smallest absolute Gasteiger partial charge is 0.240 e. The van der Waals surface area contributed by atoms with Crippen molar-refractivity contribution in [3.8, 4) is 0 Å². The number of hydrogen-bond acceptors (Lipinski definition) is 3. The van der Waals surface area contributed by atoms with E-state index >= 15 is 0 Å². The van der Waals surface area contributed by atoms with Gasteiger partial charge in [0.2, 0.25) is 10.0 Å². The van der Waals surface area contributed by atoms with Gasteiger partial charge in [-0.1, -0.05) is 35.9 Å². The van der Waals surface area contributed by atoms with Crippen molar-refractivity contribution in [2.24, 2.45) is 0 Å². The number of benzene rings is 2. The molecule has 1 atom stereocenters. The molecule has 0 saturated heterocycles. The highest BCUT2D eigenvalue weighted by atomic mass is 35.5. The number of fused-ring (bicyclic) bond motifs is 1. The Morgan fingerprint density at radius 1 is 1.24 bits per heavy atom. The molecule has 1 aliphatic carbocycles. The molecule has 2 aromatic rings. The van der Waals surface area contributed by atoms with Crippen LogP contribution in [0.3, 0.4) is 0 Å². The highest BCUT2D eigenvalue weighted by Crippen LogP contribution is 2.34. The molecule has 0 spiro atoms. The van der Waals surface area contributed by atoms with Gasteiger partial charge in [-0.15, -0.1) is 0 Å². The molecule has 0 saturated carbocycles. The van der Waals surface area contributed by atoms with Crippen LogP contribution in [-0.4, -0.2) is 15.0 Å². The molecule has 2 aromatic carbocycles. The summed E-state index contributed by atoms with van der Waals surface area (Å²) in [5.41, 5.74) is 8.42. The van der Waals surface area contributed by atoms with Crippen LogP contribution in [0.1, 0.15) is 17.0 Å². The van der Waals surface area contributed by atoms with Crippen molar-refractivity contribution in [1.82, 2.24) is 4.72 Å². The molecular weight excluding hydrogens is 308 g/mol. The van der Waals surface area contributed by atoms with Gasteiger partial charge in [0.1, 0.15) is 0 Å². The molecule has 3 N–H and O–H groups in total. The Morgan fingerprint density at radius 2 is 2.00 bits per heavy atom. The summed E-state index contributed by atoms with van der Waals surface area (Å²) < 4.78 is 27.1. The third-order valence-corrected chi connectivity index (χ3v) is 5.52. The van der Waals surface area contributed by atoms with Crippen molar-refractivity contribution in [1.29, 1.82) is 0 Å². The SMILES string of the molecule is Nc1cc(S(=O)(=O)NCC2Cc3ccccc32)ccc1Cl. The number of sulfonamides is 1. The summed E-state index contributed by atoms with van der Waals surface area (Å²) in [6.45, 7) is 0.391. The fraction of sp³-hybridized carbons (Fsp3) is 0.200. The second-order valence-corrected chi connectivity index (χ2v) is 7.31. The van der Waals surface area contributed by atoms with Crippen molar-refractivity contribution in [3.05, 3.63) is 58.6 Å². The summed E-state index contributed by atoms with van der Waals surface area (Å²) in [5, 5.41) is 0.349. The number of halogens is 1. The van der Waals surface area contributed by atoms with Gasteiger partial charge >= 0.3 is 0 Å². The first kappa shape index (κ1) is 14.4. The third kappa shape index (κ3) is 2.77. The molecule has 4 nitrogen and oxygen atoms in total. The zero-order valence-electron chi connectivity index (χ0n) is 11.2. The van der Waals surface area contributed by atoms with E-state index in [9.17, 15) is 8.42 Å². The molecule has 110 valence electrons. The molecule has 6 heteroatoms. The summed E-state index contributed by atoms with van der Waals surface area (Å²) in [6.07, 6.45) is 0.904. The Balaban J connectivity index is 1.72. The molecular formula is C15H15ClN2O2S. The number of hydrogen-bond donors (Lipinski definition) is 2. The third-order valence-electron chi connectivity index (χ3n) is 3.76. The van der Waals surface area contributed by atoms with E-state index in [0.717, 1.165) is 6.42 Å². The number of nitrogens with one attached hydrogen (secondary N) is 1. The molecule has 0 aliphatic heterocycles. The highest BCUT2D eigenvalue weighted by Gasteiger charge is 2.27. The number of anilines is 1. The minimum atomic E-state index is -3.56. The molecule has 1 aliphatic rings. The lowest BCUT2D eigenvalue weighted by molar-refractivity contribution is 0.552. The van der Waals surface area contributed by atoms with Crippen LogP contribution in [0, 0.1) is 0 Å². The summed E-state index contributed by atoms with van der Waals surface area (Å²) in [7, 11) is -3.56. The molecule has 0 fully saturated rings. The lowest BCUT2D eigenvalue weighted by atomic mass is 9.78. The maximum absolute atomic E-state index is 12.2. The van der Waals surface area contributed by atoms with Crippen molar-refractivity contribution in [3.63, 3.8) is 0 Å². The first-order chi connectivity index (χ1) is 9.97. The monoisotopic (exact) mass is 322 g/mol. The van der Waals surface area contributed by atoms with Crippen molar-refractivity contribution < 1.29 is 8.42 Å². The fourth-order valence-electron chi connectivity index (χ4n) is 2.53. The van der Waals surface area contributed by atoms with Gasteiger partial charge in [0, 0.05) is 12.5 Å². The van der Waals surface area contributed by atoms with Crippen LogP contribution < -0.4 is 10.5 Å². The Bertz CT molecular complexity index is 790. The van der Waals surface area contributed by atoms with E-state index in [1.165, 1.54) is 29.3 Å². The zero-order valence-corrected chi connectivity index (χ0v) is 12.8. The van der Waals surface area contributed by atoms with Gasteiger partial charge in [0.05, 0.1) is 15.6 Å². The molecule has 0 aromatic heterocycles. The van der Waals surface area contributed by atoms with E-state index in [-0.39, 0.29) is 16.5 Å². The van der Waals surface area contributed by atoms with Crippen LogP contribution in [0.25, 0.3) is 0 Å². The maximum atomic E-state index is 12.2. The highest BCUT2D eigenvalue weighted by molar-refractivity contribution is 7.89. The van der Waals surface area contributed by atoms with E-state index in [4.69, 9.17) is 17.3 Å². The van der Waals surface area contributed by atoms with Gasteiger partial charge < -0.3 is 5.73 Å². The molecule has 0 bridgehead atoms. The van der Waals surface area contributed by atoms with E-state index in [1.54, 1.807) is 0 Å². The summed E-state index contributed by atoms with van der Waals surface area (Å²) in [5.74, 6) is 0.237. The van der Waals surface area contributed by atoms with E-state index in [1.807, 2.05) is 18.2 Å². The standard InChI is InChI=1S/C15H15ClN2O2S/c16-14-6-5-12(8-15(14)17)21(19,20)18-9-11-7-10-3-1-2-4-13(10)11/h1-6,8,11,18H,7,9,17H2. The van der Waals surface area contributed by atoms with Crippen LogP contribution in [0.5, 0.6) is 0 Å². The lowest BCUT2D eigenvalue weighted by Gasteiger charge is -2.30. The van der Waals surface area contributed by atoms with Gasteiger partial charge in [-0.25, -0.2) is 13.1 Å².